The molecule has 130 valence electrons. The molecule has 2 N–H and O–H groups in total. The molecule has 25 heavy (non-hydrogen) atoms. The monoisotopic (exact) mass is 336 g/mol. The van der Waals surface area contributed by atoms with Crippen LogP contribution in [-0.2, 0) is 4.79 Å². The van der Waals surface area contributed by atoms with E-state index in [0.29, 0.717) is 25.9 Å². The number of nitrogens with zero attached hydrogens (tertiary/aromatic N) is 1. The fraction of sp³-hybridized carbons (Fsp3) is 0.333. The van der Waals surface area contributed by atoms with Crippen molar-refractivity contribution in [3.8, 4) is 0 Å². The van der Waals surface area contributed by atoms with Crippen LogP contribution in [0.1, 0.15) is 40.4 Å². The predicted octanol–water partition coefficient (Wildman–Crippen LogP) is 3.12. The maximum atomic E-state index is 12.6. The predicted molar refractivity (Wildman–Crippen MR) is 98.2 cm³/mol. The Morgan fingerprint density at radius 1 is 1.00 bits per heavy atom. The molecular formula is C21H24N2O2. The molecule has 1 unspecified atom stereocenters. The summed E-state index contributed by atoms with van der Waals surface area (Å²) >= 11 is 0. The van der Waals surface area contributed by atoms with E-state index >= 15 is 0 Å². The van der Waals surface area contributed by atoms with Crippen molar-refractivity contribution in [3.63, 3.8) is 0 Å². The molecule has 0 bridgehead atoms. The summed E-state index contributed by atoms with van der Waals surface area (Å²) in [5.41, 5.74) is 8.87. The summed E-state index contributed by atoms with van der Waals surface area (Å²) < 4.78 is 0. The molecule has 0 spiro atoms. The van der Waals surface area contributed by atoms with Crippen LogP contribution in [0, 0.1) is 12.8 Å². The molecule has 0 radical (unpaired) electrons. The number of aryl methyl sites for hydroxylation is 1. The first-order chi connectivity index (χ1) is 12.1. The molecule has 2 aromatic rings. The van der Waals surface area contributed by atoms with Gasteiger partial charge < -0.3 is 10.6 Å². The minimum Gasteiger partial charge on any atom is -0.341 e. The SMILES string of the molecule is Cc1ccc(C(N)C(=O)N2CCC(C(=O)c3ccccc3)CC2)cc1. The third-order valence-electron chi connectivity index (χ3n) is 4.94. The minimum atomic E-state index is -0.637. The molecule has 0 aliphatic carbocycles. The molecule has 1 aliphatic heterocycles. The third-order valence-corrected chi connectivity index (χ3v) is 4.94. The molecule has 2 aromatic carbocycles. The second-order valence-corrected chi connectivity index (χ2v) is 6.72. The molecule has 1 fully saturated rings. The number of likely N-dealkylation sites (tertiary alicyclic amines) is 1. The second-order valence-electron chi connectivity index (χ2n) is 6.72. The van der Waals surface area contributed by atoms with Gasteiger partial charge in [0.1, 0.15) is 6.04 Å². The normalized spacial score (nSPS) is 16.5. The highest BCUT2D eigenvalue weighted by molar-refractivity contribution is 5.98. The lowest BCUT2D eigenvalue weighted by Crippen LogP contribution is -2.44. The topological polar surface area (TPSA) is 63.4 Å². The summed E-state index contributed by atoms with van der Waals surface area (Å²) in [6.07, 6.45) is 1.39. The van der Waals surface area contributed by atoms with Crippen molar-refractivity contribution in [1.29, 1.82) is 0 Å². The lowest BCUT2D eigenvalue weighted by atomic mass is 9.88. The van der Waals surface area contributed by atoms with Gasteiger partial charge in [-0.3, -0.25) is 9.59 Å². The number of hydrogen-bond acceptors (Lipinski definition) is 3. The largest absolute Gasteiger partial charge is 0.341 e. The zero-order valence-electron chi connectivity index (χ0n) is 14.5. The van der Waals surface area contributed by atoms with E-state index in [9.17, 15) is 9.59 Å². The number of piperidine rings is 1. The van der Waals surface area contributed by atoms with E-state index < -0.39 is 6.04 Å². The number of carbonyl (C=O) groups excluding carboxylic acids is 2. The molecule has 1 aliphatic rings. The number of hydrogen-bond donors (Lipinski definition) is 1. The molecule has 1 atom stereocenters. The molecular weight excluding hydrogens is 312 g/mol. The maximum absolute atomic E-state index is 12.6. The molecule has 3 rings (SSSR count). The van der Waals surface area contributed by atoms with Gasteiger partial charge >= 0.3 is 0 Å². The Labute approximate surface area is 148 Å². The summed E-state index contributed by atoms with van der Waals surface area (Å²) in [6, 6.07) is 16.5. The zero-order valence-corrected chi connectivity index (χ0v) is 14.5. The van der Waals surface area contributed by atoms with Crippen LogP contribution in [0.3, 0.4) is 0 Å². The van der Waals surface area contributed by atoms with Gasteiger partial charge in [-0.1, -0.05) is 60.2 Å². The van der Waals surface area contributed by atoms with E-state index in [2.05, 4.69) is 0 Å². The number of Topliss-reactive ketones (excluding diaryl/α,β-unsaturated/α-hetero) is 1. The highest BCUT2D eigenvalue weighted by Gasteiger charge is 2.30. The maximum Gasteiger partial charge on any atom is 0.244 e. The summed E-state index contributed by atoms with van der Waals surface area (Å²) in [5.74, 6) is 0.104. The van der Waals surface area contributed by atoms with Crippen LogP contribution in [-0.4, -0.2) is 29.7 Å². The average Bonchev–Trinajstić information content (AvgIpc) is 2.67. The van der Waals surface area contributed by atoms with Gasteiger partial charge in [0.15, 0.2) is 5.78 Å². The van der Waals surface area contributed by atoms with Crippen molar-refractivity contribution >= 4 is 11.7 Å². The van der Waals surface area contributed by atoms with Crippen molar-refractivity contribution in [2.75, 3.05) is 13.1 Å². The first-order valence-corrected chi connectivity index (χ1v) is 8.76. The molecule has 4 nitrogen and oxygen atoms in total. The molecule has 1 saturated heterocycles. The van der Waals surface area contributed by atoms with Gasteiger partial charge in [-0.25, -0.2) is 0 Å². The van der Waals surface area contributed by atoms with E-state index in [1.54, 1.807) is 4.90 Å². The number of nitrogens with two attached hydrogens (primary N) is 1. The lowest BCUT2D eigenvalue weighted by molar-refractivity contribution is -0.134. The quantitative estimate of drug-likeness (QED) is 0.873. The fourth-order valence-electron chi connectivity index (χ4n) is 3.31. The van der Waals surface area contributed by atoms with Crippen LogP contribution in [0.5, 0.6) is 0 Å². The zero-order chi connectivity index (χ0) is 17.8. The molecule has 4 heteroatoms. The Morgan fingerprint density at radius 3 is 2.20 bits per heavy atom. The number of rotatable bonds is 4. The Morgan fingerprint density at radius 2 is 1.60 bits per heavy atom. The van der Waals surface area contributed by atoms with Gasteiger partial charge in [-0.2, -0.15) is 0 Å². The first kappa shape index (κ1) is 17.4. The number of amides is 1. The highest BCUT2D eigenvalue weighted by atomic mass is 16.2. The first-order valence-electron chi connectivity index (χ1n) is 8.76. The second kappa shape index (κ2) is 7.62. The summed E-state index contributed by atoms with van der Waals surface area (Å²) in [7, 11) is 0. The van der Waals surface area contributed by atoms with E-state index in [1.807, 2.05) is 61.5 Å². The summed E-state index contributed by atoms with van der Waals surface area (Å²) in [6.45, 7) is 3.18. The van der Waals surface area contributed by atoms with Gasteiger partial charge in [-0.05, 0) is 25.3 Å². The van der Waals surface area contributed by atoms with Gasteiger partial charge in [0.2, 0.25) is 5.91 Å². The van der Waals surface area contributed by atoms with Crippen LogP contribution in [0.25, 0.3) is 0 Å². The summed E-state index contributed by atoms with van der Waals surface area (Å²) in [4.78, 5) is 27.0. The number of carbonyl (C=O) groups is 2. The smallest absolute Gasteiger partial charge is 0.244 e. The molecule has 1 heterocycles. The van der Waals surface area contributed by atoms with Crippen molar-refractivity contribution < 1.29 is 9.59 Å². The standard InChI is InChI=1S/C21H24N2O2/c1-15-7-9-16(10-8-15)19(22)21(25)23-13-11-18(12-14-23)20(24)17-5-3-2-4-6-17/h2-10,18-19H,11-14,22H2,1H3. The van der Waals surface area contributed by atoms with Crippen molar-refractivity contribution in [2.24, 2.45) is 11.7 Å². The van der Waals surface area contributed by atoms with Gasteiger partial charge in [0.05, 0.1) is 0 Å². The molecule has 0 saturated carbocycles. The summed E-state index contributed by atoms with van der Waals surface area (Å²) in [5, 5.41) is 0. The molecule has 0 aromatic heterocycles. The lowest BCUT2D eigenvalue weighted by Gasteiger charge is -2.33. The van der Waals surface area contributed by atoms with Gasteiger partial charge in [-0.15, -0.1) is 0 Å². The van der Waals surface area contributed by atoms with Crippen LogP contribution in [0.2, 0.25) is 0 Å². The van der Waals surface area contributed by atoms with E-state index in [0.717, 1.165) is 16.7 Å². The minimum absolute atomic E-state index is 0.0120. The van der Waals surface area contributed by atoms with Crippen molar-refractivity contribution in [3.05, 3.63) is 71.3 Å². The van der Waals surface area contributed by atoms with Crippen molar-refractivity contribution in [2.45, 2.75) is 25.8 Å². The van der Waals surface area contributed by atoms with E-state index in [-0.39, 0.29) is 17.6 Å². The Balaban J connectivity index is 1.59. The Bertz CT molecular complexity index is 732. The van der Waals surface area contributed by atoms with Crippen LogP contribution in [0.15, 0.2) is 54.6 Å². The number of ketones is 1. The van der Waals surface area contributed by atoms with E-state index in [1.165, 1.54) is 0 Å². The third kappa shape index (κ3) is 3.97. The number of benzene rings is 2. The van der Waals surface area contributed by atoms with Crippen LogP contribution < -0.4 is 5.73 Å². The Kier molecular flexibility index (Phi) is 5.29. The highest BCUT2D eigenvalue weighted by Crippen LogP contribution is 2.24. The Hall–Kier alpha value is -2.46. The van der Waals surface area contributed by atoms with Gasteiger partial charge in [0.25, 0.3) is 0 Å². The van der Waals surface area contributed by atoms with E-state index in [4.69, 9.17) is 5.73 Å². The van der Waals surface area contributed by atoms with Gasteiger partial charge in [0, 0.05) is 24.6 Å². The van der Waals surface area contributed by atoms with Crippen LogP contribution >= 0.6 is 0 Å². The van der Waals surface area contributed by atoms with Crippen LogP contribution in [0.4, 0.5) is 0 Å². The van der Waals surface area contributed by atoms with Crippen molar-refractivity contribution in [1.82, 2.24) is 4.90 Å². The fourth-order valence-corrected chi connectivity index (χ4v) is 3.31. The average molecular weight is 336 g/mol. The molecule has 1 amide bonds.